The quantitative estimate of drug-likeness (QED) is 0.641. The monoisotopic (exact) mass is 237 g/mol. The third-order valence-electron chi connectivity index (χ3n) is 2.64. The molecule has 0 aliphatic heterocycles. The van der Waals surface area contributed by atoms with Gasteiger partial charge in [0.15, 0.2) is 0 Å². The van der Waals surface area contributed by atoms with Gasteiger partial charge in [0.05, 0.1) is 5.69 Å². The highest BCUT2D eigenvalue weighted by Crippen LogP contribution is 2.21. The Bertz CT molecular complexity index is 653. The Morgan fingerprint density at radius 2 is 1.88 bits per heavy atom. The number of benzene rings is 1. The number of nitrogens with zero attached hydrogens (tertiary/aromatic N) is 1. The van der Waals surface area contributed by atoms with E-state index >= 15 is 0 Å². The zero-order valence-electron chi connectivity index (χ0n) is 9.21. The number of aromatic nitrogens is 1. The first-order chi connectivity index (χ1) is 8.42. The molecule has 0 aliphatic rings. The molecule has 0 atom stereocenters. The maximum Gasteiger partial charge on any atom is 0.0629 e. The molecule has 1 aromatic carbocycles. The molecular weight excluding hydrogens is 226 g/mol. The van der Waals surface area contributed by atoms with Crippen LogP contribution in [0.25, 0.3) is 22.9 Å². The van der Waals surface area contributed by atoms with Gasteiger partial charge in [-0.3, -0.25) is 4.98 Å². The summed E-state index contributed by atoms with van der Waals surface area (Å²) in [7, 11) is 0. The third-order valence-corrected chi connectivity index (χ3v) is 3.42. The summed E-state index contributed by atoms with van der Waals surface area (Å²) in [6.45, 7) is 0. The third kappa shape index (κ3) is 2.27. The van der Waals surface area contributed by atoms with E-state index in [1.54, 1.807) is 11.3 Å². The highest BCUT2D eigenvalue weighted by atomic mass is 32.1. The zero-order chi connectivity index (χ0) is 11.5. The number of fused-ring (bicyclic) bond motifs is 1. The summed E-state index contributed by atoms with van der Waals surface area (Å²) in [6, 6.07) is 12.4. The van der Waals surface area contributed by atoms with E-state index in [-0.39, 0.29) is 0 Å². The smallest absolute Gasteiger partial charge is 0.0629 e. The molecule has 0 bridgehead atoms. The van der Waals surface area contributed by atoms with Crippen LogP contribution < -0.4 is 0 Å². The van der Waals surface area contributed by atoms with Crippen LogP contribution in [0.5, 0.6) is 0 Å². The molecule has 0 fully saturated rings. The van der Waals surface area contributed by atoms with E-state index in [0.717, 1.165) is 5.69 Å². The molecule has 0 saturated heterocycles. The van der Waals surface area contributed by atoms with Crippen molar-refractivity contribution in [2.24, 2.45) is 0 Å². The van der Waals surface area contributed by atoms with Crippen molar-refractivity contribution in [3.8, 4) is 0 Å². The van der Waals surface area contributed by atoms with E-state index in [0.29, 0.717) is 0 Å². The van der Waals surface area contributed by atoms with Crippen LogP contribution in [0.15, 0.2) is 53.4 Å². The van der Waals surface area contributed by atoms with E-state index in [2.05, 4.69) is 40.0 Å². The molecule has 3 rings (SSSR count). The number of thiophene rings is 1. The maximum absolute atomic E-state index is 4.26. The van der Waals surface area contributed by atoms with Crippen LogP contribution in [0.3, 0.4) is 0 Å². The molecule has 3 aromatic rings. The van der Waals surface area contributed by atoms with E-state index in [1.807, 2.05) is 30.5 Å². The lowest BCUT2D eigenvalue weighted by Gasteiger charge is -1.95. The van der Waals surface area contributed by atoms with Crippen molar-refractivity contribution < 1.29 is 0 Å². The largest absolute Gasteiger partial charge is 0.257 e. The molecule has 0 unspecified atom stereocenters. The maximum atomic E-state index is 4.26. The lowest BCUT2D eigenvalue weighted by molar-refractivity contribution is 1.30. The summed E-state index contributed by atoms with van der Waals surface area (Å²) in [6.07, 6.45) is 5.94. The SMILES string of the molecule is C(=Cc1ccccn1)c1ccc2cscc2c1. The Kier molecular flexibility index (Phi) is 2.72. The average Bonchev–Trinajstić information content (AvgIpc) is 2.85. The van der Waals surface area contributed by atoms with Gasteiger partial charge in [0.25, 0.3) is 0 Å². The number of hydrogen-bond acceptors (Lipinski definition) is 2. The number of pyridine rings is 1. The van der Waals surface area contributed by atoms with Crippen molar-refractivity contribution in [1.29, 1.82) is 0 Å². The fourth-order valence-corrected chi connectivity index (χ4v) is 2.52. The van der Waals surface area contributed by atoms with Gasteiger partial charge >= 0.3 is 0 Å². The molecule has 1 nitrogen and oxygen atoms in total. The van der Waals surface area contributed by atoms with E-state index in [4.69, 9.17) is 0 Å². The van der Waals surface area contributed by atoms with Gasteiger partial charge in [-0.15, -0.1) is 0 Å². The van der Waals surface area contributed by atoms with Gasteiger partial charge < -0.3 is 0 Å². The Morgan fingerprint density at radius 1 is 0.941 bits per heavy atom. The minimum Gasteiger partial charge on any atom is -0.257 e. The van der Waals surface area contributed by atoms with Crippen molar-refractivity contribution in [3.05, 3.63) is 64.6 Å². The lowest BCUT2D eigenvalue weighted by atomic mass is 10.1. The second-order valence-corrected chi connectivity index (χ2v) is 4.59. The fraction of sp³-hybridized carbons (Fsp3) is 0. The Balaban J connectivity index is 1.92. The Labute approximate surface area is 104 Å². The molecule has 0 radical (unpaired) electrons. The van der Waals surface area contributed by atoms with E-state index in [1.165, 1.54) is 16.3 Å². The van der Waals surface area contributed by atoms with Gasteiger partial charge in [0.2, 0.25) is 0 Å². The second-order valence-electron chi connectivity index (χ2n) is 3.85. The minimum atomic E-state index is 0.984. The minimum absolute atomic E-state index is 0.984. The van der Waals surface area contributed by atoms with Crippen molar-refractivity contribution >= 4 is 34.3 Å². The zero-order valence-corrected chi connectivity index (χ0v) is 10.0. The van der Waals surface area contributed by atoms with Crippen LogP contribution in [0.2, 0.25) is 0 Å². The van der Waals surface area contributed by atoms with E-state index in [9.17, 15) is 0 Å². The molecule has 2 aromatic heterocycles. The van der Waals surface area contributed by atoms with Crippen molar-refractivity contribution in [3.63, 3.8) is 0 Å². The summed E-state index contributed by atoms with van der Waals surface area (Å²) in [4.78, 5) is 4.26. The van der Waals surface area contributed by atoms with Crippen LogP contribution in [-0.4, -0.2) is 4.98 Å². The van der Waals surface area contributed by atoms with Crippen LogP contribution in [0.4, 0.5) is 0 Å². The molecule has 2 heterocycles. The van der Waals surface area contributed by atoms with Crippen LogP contribution in [0, 0.1) is 0 Å². The molecular formula is C15H11NS. The summed E-state index contributed by atoms with van der Waals surface area (Å²) >= 11 is 1.74. The van der Waals surface area contributed by atoms with Crippen molar-refractivity contribution in [2.45, 2.75) is 0 Å². The molecule has 82 valence electrons. The van der Waals surface area contributed by atoms with Crippen LogP contribution in [-0.2, 0) is 0 Å². The average molecular weight is 237 g/mol. The second kappa shape index (κ2) is 4.52. The highest BCUT2D eigenvalue weighted by molar-refractivity contribution is 7.09. The normalized spacial score (nSPS) is 11.3. The van der Waals surface area contributed by atoms with E-state index < -0.39 is 0 Å². The summed E-state index contributed by atoms with van der Waals surface area (Å²) < 4.78 is 0. The van der Waals surface area contributed by atoms with Crippen LogP contribution >= 0.6 is 11.3 Å². The molecule has 2 heteroatoms. The molecule has 0 N–H and O–H groups in total. The predicted octanol–water partition coefficient (Wildman–Crippen LogP) is 4.47. The van der Waals surface area contributed by atoms with Gasteiger partial charge in [-0.1, -0.05) is 24.3 Å². The van der Waals surface area contributed by atoms with Crippen molar-refractivity contribution in [2.75, 3.05) is 0 Å². The van der Waals surface area contributed by atoms with Gasteiger partial charge in [-0.05, 0) is 51.4 Å². The topological polar surface area (TPSA) is 12.9 Å². The Morgan fingerprint density at radius 3 is 2.76 bits per heavy atom. The molecule has 0 saturated carbocycles. The number of hydrogen-bond donors (Lipinski definition) is 0. The molecule has 0 aliphatic carbocycles. The first kappa shape index (κ1) is 10.2. The van der Waals surface area contributed by atoms with Gasteiger partial charge in [0.1, 0.15) is 0 Å². The molecule has 0 spiro atoms. The molecule has 17 heavy (non-hydrogen) atoms. The number of rotatable bonds is 2. The standard InChI is InChI=1S/C15H11NS/c1-2-8-16-15(3-1)7-5-12-4-6-13-10-17-11-14(13)9-12/h1-11H. The van der Waals surface area contributed by atoms with Gasteiger partial charge in [-0.25, -0.2) is 0 Å². The predicted molar refractivity (Wildman–Crippen MR) is 75.0 cm³/mol. The summed E-state index contributed by atoms with van der Waals surface area (Å²) in [5.41, 5.74) is 2.19. The summed E-state index contributed by atoms with van der Waals surface area (Å²) in [5.74, 6) is 0. The first-order valence-corrected chi connectivity index (χ1v) is 6.41. The summed E-state index contributed by atoms with van der Waals surface area (Å²) in [5, 5.41) is 6.96. The first-order valence-electron chi connectivity index (χ1n) is 5.47. The van der Waals surface area contributed by atoms with Crippen LogP contribution in [0.1, 0.15) is 11.3 Å². The lowest BCUT2D eigenvalue weighted by Crippen LogP contribution is -1.76. The fourth-order valence-electron chi connectivity index (χ4n) is 1.74. The van der Waals surface area contributed by atoms with Gasteiger partial charge in [0, 0.05) is 6.20 Å². The van der Waals surface area contributed by atoms with Gasteiger partial charge in [-0.2, -0.15) is 11.3 Å². The highest BCUT2D eigenvalue weighted by Gasteiger charge is 1.94. The van der Waals surface area contributed by atoms with Crippen molar-refractivity contribution in [1.82, 2.24) is 4.98 Å². The molecule has 0 amide bonds. The Hall–Kier alpha value is -1.93.